The molecular formula is C30H52O4. The summed E-state index contributed by atoms with van der Waals surface area (Å²) in [5.41, 5.74) is -0.0556. The molecule has 0 aliphatic heterocycles. The summed E-state index contributed by atoms with van der Waals surface area (Å²) in [4.78, 5) is 0. The van der Waals surface area contributed by atoms with E-state index >= 15 is 0 Å². The summed E-state index contributed by atoms with van der Waals surface area (Å²) in [6, 6.07) is 0. The number of aliphatic hydroxyl groups excluding tert-OH is 3. The fraction of sp³-hybridized carbons (Fsp3) is 0.933. The van der Waals surface area contributed by atoms with Crippen LogP contribution >= 0.6 is 0 Å². The summed E-state index contributed by atoms with van der Waals surface area (Å²) in [6.07, 6.45) is 6.72. The second kappa shape index (κ2) is 8.30. The van der Waals surface area contributed by atoms with Gasteiger partial charge in [0.2, 0.25) is 0 Å². The zero-order valence-corrected chi connectivity index (χ0v) is 22.9. The van der Waals surface area contributed by atoms with Gasteiger partial charge in [0, 0.05) is 0 Å². The molecule has 4 rings (SSSR count). The highest BCUT2D eigenvalue weighted by atomic mass is 16.3. The van der Waals surface area contributed by atoms with Crippen LogP contribution in [0.1, 0.15) is 106 Å². The largest absolute Gasteiger partial charge is 0.393 e. The van der Waals surface area contributed by atoms with Crippen molar-refractivity contribution < 1.29 is 20.4 Å². The lowest BCUT2D eigenvalue weighted by Gasteiger charge is -2.70. The molecule has 4 N–H and O–H groups in total. The Labute approximate surface area is 208 Å². The van der Waals surface area contributed by atoms with Gasteiger partial charge in [-0.3, -0.25) is 0 Å². The Bertz CT molecular complexity index is 804. The molecule has 0 spiro atoms. The van der Waals surface area contributed by atoms with Gasteiger partial charge in [0.25, 0.3) is 0 Å². The zero-order valence-electron chi connectivity index (χ0n) is 22.9. The summed E-state index contributed by atoms with van der Waals surface area (Å²) in [6.45, 7) is 19.5. The molecule has 0 aromatic heterocycles. The zero-order chi connectivity index (χ0) is 25.5. The molecule has 4 aliphatic carbocycles. The minimum atomic E-state index is -0.916. The third kappa shape index (κ3) is 3.60. The molecule has 0 saturated heterocycles. The molecule has 4 aliphatic rings. The van der Waals surface area contributed by atoms with E-state index in [2.05, 4.69) is 41.2 Å². The van der Waals surface area contributed by atoms with Crippen LogP contribution in [-0.2, 0) is 0 Å². The van der Waals surface area contributed by atoms with Crippen molar-refractivity contribution in [2.24, 2.45) is 45.3 Å². The van der Waals surface area contributed by atoms with E-state index in [1.807, 2.05) is 13.8 Å². The Morgan fingerprint density at radius 3 is 2.21 bits per heavy atom. The smallest absolute Gasteiger partial charge is 0.0745 e. The van der Waals surface area contributed by atoms with Crippen molar-refractivity contribution in [2.45, 2.75) is 130 Å². The predicted molar refractivity (Wildman–Crippen MR) is 137 cm³/mol. The van der Waals surface area contributed by atoms with Crippen LogP contribution < -0.4 is 0 Å². The summed E-state index contributed by atoms with van der Waals surface area (Å²) in [5, 5.41) is 44.5. The number of aliphatic hydroxyl groups is 4. The molecule has 0 heterocycles. The third-order valence-corrected chi connectivity index (χ3v) is 12.7. The standard InChI is InChI=1S/C30H52O4/c1-18(2)20(31)10-16-30(8,34)19-9-14-29(7)25(19)21(32)17-23-27(5)13-12-24(33)26(3,4)22(27)11-15-28(23,29)6/h19-25,31-34H,1,9-17H2,2-8H3/t19-,20+,21+,22-,23-,24+,25+,27-,28+,29+,30-/m0/s1. The first-order valence-electron chi connectivity index (χ1n) is 13.9. The fourth-order valence-electron chi connectivity index (χ4n) is 10.3. The predicted octanol–water partition coefficient (Wildman–Crippen LogP) is 5.47. The first kappa shape index (κ1) is 26.6. The van der Waals surface area contributed by atoms with Crippen LogP contribution in [0.15, 0.2) is 12.2 Å². The van der Waals surface area contributed by atoms with Gasteiger partial charge in [-0.05, 0) is 117 Å². The molecule has 0 radical (unpaired) electrons. The van der Waals surface area contributed by atoms with Crippen molar-refractivity contribution in [3.05, 3.63) is 12.2 Å². The molecule has 0 amide bonds. The lowest BCUT2D eigenvalue weighted by atomic mass is 9.35. The lowest BCUT2D eigenvalue weighted by Crippen LogP contribution is -2.66. The fourth-order valence-corrected chi connectivity index (χ4v) is 10.3. The van der Waals surface area contributed by atoms with Crippen molar-refractivity contribution in [1.29, 1.82) is 0 Å². The summed E-state index contributed by atoms with van der Waals surface area (Å²) < 4.78 is 0. The average Bonchev–Trinajstić information content (AvgIpc) is 3.12. The Balaban J connectivity index is 1.64. The van der Waals surface area contributed by atoms with Crippen molar-refractivity contribution in [2.75, 3.05) is 0 Å². The highest BCUT2D eigenvalue weighted by molar-refractivity contribution is 5.20. The second-order valence-corrected chi connectivity index (χ2v) is 14.6. The van der Waals surface area contributed by atoms with Crippen molar-refractivity contribution >= 4 is 0 Å². The van der Waals surface area contributed by atoms with Gasteiger partial charge in [-0.1, -0.05) is 46.8 Å². The van der Waals surface area contributed by atoms with Crippen LogP contribution in [0, 0.1) is 45.3 Å². The average molecular weight is 477 g/mol. The minimum Gasteiger partial charge on any atom is -0.393 e. The molecule has 4 heteroatoms. The molecule has 11 atom stereocenters. The van der Waals surface area contributed by atoms with E-state index in [4.69, 9.17) is 0 Å². The van der Waals surface area contributed by atoms with Crippen LogP contribution in [0.2, 0.25) is 0 Å². The molecule has 0 bridgehead atoms. The van der Waals surface area contributed by atoms with E-state index in [9.17, 15) is 20.4 Å². The first-order valence-corrected chi connectivity index (χ1v) is 13.9. The lowest BCUT2D eigenvalue weighted by molar-refractivity contribution is -0.246. The van der Waals surface area contributed by atoms with Gasteiger partial charge < -0.3 is 20.4 Å². The topological polar surface area (TPSA) is 80.9 Å². The summed E-state index contributed by atoms with van der Waals surface area (Å²) in [5.74, 6) is 1.01. The summed E-state index contributed by atoms with van der Waals surface area (Å²) in [7, 11) is 0. The molecule has 4 saturated carbocycles. The Morgan fingerprint density at radius 1 is 0.971 bits per heavy atom. The van der Waals surface area contributed by atoms with E-state index in [1.54, 1.807) is 0 Å². The van der Waals surface area contributed by atoms with E-state index in [-0.39, 0.29) is 39.6 Å². The van der Waals surface area contributed by atoms with Crippen LogP contribution in [0.5, 0.6) is 0 Å². The molecule has 0 unspecified atom stereocenters. The number of rotatable bonds is 5. The van der Waals surface area contributed by atoms with Gasteiger partial charge in [0.1, 0.15) is 0 Å². The van der Waals surface area contributed by atoms with Gasteiger partial charge in [0.15, 0.2) is 0 Å². The normalized spacial score (nSPS) is 50.4. The van der Waals surface area contributed by atoms with E-state index in [0.29, 0.717) is 24.7 Å². The minimum absolute atomic E-state index is 0.0227. The monoisotopic (exact) mass is 476 g/mol. The van der Waals surface area contributed by atoms with Crippen LogP contribution in [0.25, 0.3) is 0 Å². The molecular weight excluding hydrogens is 424 g/mol. The van der Waals surface area contributed by atoms with Crippen LogP contribution in [0.4, 0.5) is 0 Å². The quantitative estimate of drug-likeness (QED) is 0.397. The maximum absolute atomic E-state index is 11.8. The molecule has 0 aromatic rings. The molecule has 4 fully saturated rings. The van der Waals surface area contributed by atoms with Gasteiger partial charge in [-0.2, -0.15) is 0 Å². The molecule has 196 valence electrons. The van der Waals surface area contributed by atoms with Crippen LogP contribution in [-0.4, -0.2) is 44.3 Å². The second-order valence-electron chi connectivity index (χ2n) is 14.6. The maximum atomic E-state index is 11.8. The highest BCUT2D eigenvalue weighted by Gasteiger charge is 2.71. The Hall–Kier alpha value is -0.420. The number of hydrogen-bond donors (Lipinski definition) is 4. The van der Waals surface area contributed by atoms with Crippen molar-refractivity contribution in [3.8, 4) is 0 Å². The molecule has 4 nitrogen and oxygen atoms in total. The van der Waals surface area contributed by atoms with Crippen molar-refractivity contribution in [1.82, 2.24) is 0 Å². The van der Waals surface area contributed by atoms with Gasteiger partial charge >= 0.3 is 0 Å². The summed E-state index contributed by atoms with van der Waals surface area (Å²) >= 11 is 0. The SMILES string of the molecule is C=C(C)[C@H](O)CC[C@](C)(O)[C@H]1CC[C@]2(C)[C@H]1[C@H](O)C[C@H]1[C@@]3(C)CC[C@@H](O)C(C)(C)[C@@H]3CC[C@]12C. The van der Waals surface area contributed by atoms with E-state index in [0.717, 1.165) is 50.5 Å². The molecule has 0 aromatic carbocycles. The van der Waals surface area contributed by atoms with E-state index < -0.39 is 17.8 Å². The van der Waals surface area contributed by atoms with Crippen LogP contribution in [0.3, 0.4) is 0 Å². The van der Waals surface area contributed by atoms with Gasteiger partial charge in [-0.25, -0.2) is 0 Å². The Kier molecular flexibility index (Phi) is 6.50. The number of fused-ring (bicyclic) bond motifs is 5. The number of hydrogen-bond acceptors (Lipinski definition) is 4. The third-order valence-electron chi connectivity index (χ3n) is 12.7. The van der Waals surface area contributed by atoms with Crippen molar-refractivity contribution in [3.63, 3.8) is 0 Å². The maximum Gasteiger partial charge on any atom is 0.0745 e. The van der Waals surface area contributed by atoms with Gasteiger partial charge in [0.05, 0.1) is 23.9 Å². The molecule has 34 heavy (non-hydrogen) atoms. The highest BCUT2D eigenvalue weighted by Crippen LogP contribution is 2.75. The first-order chi connectivity index (χ1) is 15.5. The van der Waals surface area contributed by atoms with E-state index in [1.165, 1.54) is 0 Å². The Morgan fingerprint density at radius 2 is 1.59 bits per heavy atom. The van der Waals surface area contributed by atoms with Gasteiger partial charge in [-0.15, -0.1) is 0 Å².